The van der Waals surface area contributed by atoms with Crippen LogP contribution in [0.25, 0.3) is 0 Å². The summed E-state index contributed by atoms with van der Waals surface area (Å²) in [6, 6.07) is 22.9. The molecule has 0 saturated carbocycles. The molecule has 0 heterocycles. The fourth-order valence-electron chi connectivity index (χ4n) is 3.36. The van der Waals surface area contributed by atoms with Gasteiger partial charge in [-0.2, -0.15) is 8.42 Å². The predicted octanol–water partition coefficient (Wildman–Crippen LogP) is 3.60. The zero-order chi connectivity index (χ0) is 21.2. The van der Waals surface area contributed by atoms with Gasteiger partial charge < -0.3 is 9.80 Å². The van der Waals surface area contributed by atoms with Crippen molar-refractivity contribution in [3.05, 3.63) is 89.5 Å². The van der Waals surface area contributed by atoms with E-state index in [9.17, 15) is 13.0 Å². The van der Waals surface area contributed by atoms with Gasteiger partial charge in [0, 0.05) is 45.5 Å². The maximum absolute atomic E-state index is 11.7. The molecule has 0 atom stereocenters. The molecule has 0 aliphatic heterocycles. The van der Waals surface area contributed by atoms with E-state index in [1.54, 1.807) is 12.1 Å². The first-order valence-electron chi connectivity index (χ1n) is 9.29. The number of hydrogen-bond donors (Lipinski definition) is 1. The SMILES string of the molecule is CN(C)c1ccc(C(c2ccc(N(C)C)cc2)c2cccc(S(=O)(=O)O)c2)cc1.[NaH]. The standard InChI is InChI=1S/C23H26N2O3S.Na.H/c1-24(2)20-12-8-17(9-13-20)23(18-10-14-21(15-11-18)25(3)4)19-6-5-7-22(16-19)29(26,27)28;;/h5-16,23H,1-4H3,(H,26,27,28);;. The average Bonchev–Trinajstić information content (AvgIpc) is 2.68. The topological polar surface area (TPSA) is 60.9 Å². The molecule has 154 valence electrons. The van der Waals surface area contributed by atoms with Gasteiger partial charge in [0.25, 0.3) is 10.1 Å². The number of hydrogen-bond acceptors (Lipinski definition) is 4. The quantitative estimate of drug-likeness (QED) is 0.365. The van der Waals surface area contributed by atoms with Crippen LogP contribution >= 0.6 is 0 Å². The van der Waals surface area contributed by atoms with Crippen molar-refractivity contribution in [2.75, 3.05) is 38.0 Å². The third-order valence-electron chi connectivity index (χ3n) is 4.97. The van der Waals surface area contributed by atoms with Gasteiger partial charge in [0.05, 0.1) is 4.90 Å². The summed E-state index contributed by atoms with van der Waals surface area (Å²) >= 11 is 0. The van der Waals surface area contributed by atoms with Gasteiger partial charge in [-0.1, -0.05) is 36.4 Å². The van der Waals surface area contributed by atoms with Gasteiger partial charge in [-0.05, 0) is 53.1 Å². The van der Waals surface area contributed by atoms with E-state index in [1.807, 2.05) is 68.3 Å². The molecular weight excluding hydrogens is 407 g/mol. The zero-order valence-electron chi connectivity index (χ0n) is 17.1. The summed E-state index contributed by atoms with van der Waals surface area (Å²) in [7, 11) is 3.68. The van der Waals surface area contributed by atoms with Gasteiger partial charge in [0.1, 0.15) is 0 Å². The average molecular weight is 435 g/mol. The van der Waals surface area contributed by atoms with Crippen LogP contribution in [0.2, 0.25) is 0 Å². The molecule has 30 heavy (non-hydrogen) atoms. The van der Waals surface area contributed by atoms with E-state index in [0.29, 0.717) is 0 Å². The van der Waals surface area contributed by atoms with Crippen molar-refractivity contribution in [3.8, 4) is 0 Å². The van der Waals surface area contributed by atoms with Gasteiger partial charge >= 0.3 is 29.6 Å². The molecule has 0 fully saturated rings. The Bertz CT molecular complexity index is 1030. The molecule has 5 nitrogen and oxygen atoms in total. The number of anilines is 2. The molecule has 0 aliphatic rings. The monoisotopic (exact) mass is 434 g/mol. The Balaban J connectivity index is 0.00000320. The van der Waals surface area contributed by atoms with Crippen molar-refractivity contribution in [3.63, 3.8) is 0 Å². The normalized spacial score (nSPS) is 11.1. The molecule has 0 saturated heterocycles. The van der Waals surface area contributed by atoms with E-state index in [-0.39, 0.29) is 40.4 Å². The molecule has 1 N–H and O–H groups in total. The summed E-state index contributed by atoms with van der Waals surface area (Å²) in [6.07, 6.45) is 0. The molecular formula is C23H27N2NaO3S. The second-order valence-electron chi connectivity index (χ2n) is 7.45. The Morgan fingerprint density at radius 2 is 1.13 bits per heavy atom. The minimum atomic E-state index is -4.27. The van der Waals surface area contributed by atoms with E-state index in [1.165, 1.54) is 6.07 Å². The number of nitrogens with zero attached hydrogens (tertiary/aromatic N) is 2. The van der Waals surface area contributed by atoms with Crippen LogP contribution in [-0.2, 0) is 10.1 Å². The van der Waals surface area contributed by atoms with Crippen LogP contribution in [0.15, 0.2) is 77.7 Å². The maximum atomic E-state index is 11.7. The van der Waals surface area contributed by atoms with E-state index < -0.39 is 10.1 Å². The Labute approximate surface area is 201 Å². The van der Waals surface area contributed by atoms with Crippen molar-refractivity contribution < 1.29 is 13.0 Å². The molecule has 0 unspecified atom stereocenters. The summed E-state index contributed by atoms with van der Waals surface area (Å²) in [4.78, 5) is 3.96. The zero-order valence-corrected chi connectivity index (χ0v) is 17.9. The molecule has 7 heteroatoms. The molecule has 0 amide bonds. The Morgan fingerprint density at radius 3 is 1.50 bits per heavy atom. The van der Waals surface area contributed by atoms with Crippen molar-refractivity contribution in [1.82, 2.24) is 0 Å². The van der Waals surface area contributed by atoms with Crippen molar-refractivity contribution in [1.29, 1.82) is 0 Å². The second-order valence-corrected chi connectivity index (χ2v) is 8.87. The van der Waals surface area contributed by atoms with Gasteiger partial charge in [0.15, 0.2) is 0 Å². The van der Waals surface area contributed by atoms with E-state index in [4.69, 9.17) is 0 Å². The summed E-state index contributed by atoms with van der Waals surface area (Å²) in [5.74, 6) is -0.163. The predicted molar refractivity (Wildman–Crippen MR) is 126 cm³/mol. The molecule has 0 aliphatic carbocycles. The molecule has 0 aromatic heterocycles. The second kappa shape index (κ2) is 9.98. The Hall–Kier alpha value is -1.83. The molecule has 0 radical (unpaired) electrons. The van der Waals surface area contributed by atoms with Crippen LogP contribution in [-0.4, -0.2) is 70.7 Å². The van der Waals surface area contributed by atoms with Crippen LogP contribution in [0.5, 0.6) is 0 Å². The first kappa shape index (κ1) is 24.4. The first-order valence-corrected chi connectivity index (χ1v) is 10.7. The molecule has 3 rings (SSSR count). The van der Waals surface area contributed by atoms with Crippen LogP contribution in [0.3, 0.4) is 0 Å². The van der Waals surface area contributed by atoms with Crippen LogP contribution < -0.4 is 9.80 Å². The molecule has 0 bridgehead atoms. The van der Waals surface area contributed by atoms with Crippen LogP contribution in [0.4, 0.5) is 11.4 Å². The summed E-state index contributed by atoms with van der Waals surface area (Å²) in [5.41, 5.74) is 5.06. The Kier molecular flexibility index (Phi) is 8.13. The molecule has 3 aromatic carbocycles. The first-order chi connectivity index (χ1) is 13.7. The fourth-order valence-corrected chi connectivity index (χ4v) is 3.90. The van der Waals surface area contributed by atoms with Gasteiger partial charge in [-0.25, -0.2) is 0 Å². The van der Waals surface area contributed by atoms with E-state index in [2.05, 4.69) is 24.3 Å². The third-order valence-corrected chi connectivity index (χ3v) is 5.82. The molecule has 3 aromatic rings. The van der Waals surface area contributed by atoms with Gasteiger partial charge in [-0.3, -0.25) is 4.55 Å². The number of benzene rings is 3. The van der Waals surface area contributed by atoms with Crippen molar-refractivity contribution >= 4 is 51.1 Å². The Morgan fingerprint density at radius 1 is 0.700 bits per heavy atom. The van der Waals surface area contributed by atoms with Gasteiger partial charge in [0.2, 0.25) is 0 Å². The van der Waals surface area contributed by atoms with Crippen molar-refractivity contribution in [2.24, 2.45) is 0 Å². The van der Waals surface area contributed by atoms with Crippen molar-refractivity contribution in [2.45, 2.75) is 10.8 Å². The summed E-state index contributed by atoms with van der Waals surface area (Å²) < 4.78 is 32.8. The van der Waals surface area contributed by atoms with Gasteiger partial charge in [-0.15, -0.1) is 0 Å². The fraction of sp³-hybridized carbons (Fsp3) is 0.217. The minimum absolute atomic E-state index is 0. The summed E-state index contributed by atoms with van der Waals surface area (Å²) in [5, 5.41) is 0. The summed E-state index contributed by atoms with van der Waals surface area (Å²) in [6.45, 7) is 0. The van der Waals surface area contributed by atoms with Crippen LogP contribution in [0.1, 0.15) is 22.6 Å². The molecule has 0 spiro atoms. The third kappa shape index (κ3) is 5.65. The van der Waals surface area contributed by atoms with E-state index >= 15 is 0 Å². The number of rotatable bonds is 6. The van der Waals surface area contributed by atoms with Crippen LogP contribution in [0, 0.1) is 0 Å². The van der Waals surface area contributed by atoms with E-state index in [0.717, 1.165) is 28.1 Å².